The van der Waals surface area contributed by atoms with E-state index in [0.29, 0.717) is 43.2 Å². The Balaban J connectivity index is 1.64. The molecule has 0 radical (unpaired) electrons. The van der Waals surface area contributed by atoms with Gasteiger partial charge in [0.25, 0.3) is 5.69 Å². The van der Waals surface area contributed by atoms with Crippen molar-refractivity contribution in [2.75, 3.05) is 36.4 Å². The molecule has 3 rings (SSSR count). The number of piperazine rings is 1. The summed E-state index contributed by atoms with van der Waals surface area (Å²) in [6, 6.07) is 5.51. The molecule has 1 fully saturated rings. The summed E-state index contributed by atoms with van der Waals surface area (Å²) < 4.78 is 0. The highest BCUT2D eigenvalue weighted by Gasteiger charge is 2.25. The summed E-state index contributed by atoms with van der Waals surface area (Å²) in [5.74, 6) is -0.643. The number of urea groups is 1. The molecule has 0 spiro atoms. The van der Waals surface area contributed by atoms with Crippen LogP contribution >= 0.6 is 11.6 Å². The van der Waals surface area contributed by atoms with E-state index < -0.39 is 10.9 Å². The van der Waals surface area contributed by atoms with Crippen molar-refractivity contribution < 1.29 is 19.6 Å². The molecule has 11 heteroatoms. The maximum Gasteiger partial charge on any atom is 0.337 e. The first kappa shape index (κ1) is 20.3. The van der Waals surface area contributed by atoms with E-state index in [-0.39, 0.29) is 22.3 Å². The molecule has 2 amide bonds. The summed E-state index contributed by atoms with van der Waals surface area (Å²) in [4.78, 5) is 41.7. The van der Waals surface area contributed by atoms with Crippen LogP contribution in [0.2, 0.25) is 5.02 Å². The number of anilines is 2. The molecule has 0 bridgehead atoms. The number of carbonyl (C=O) groups is 2. The van der Waals surface area contributed by atoms with Crippen molar-refractivity contribution in [2.24, 2.45) is 0 Å². The van der Waals surface area contributed by atoms with Crippen LogP contribution in [0.1, 0.15) is 15.9 Å². The Morgan fingerprint density at radius 2 is 1.97 bits per heavy atom. The number of benzene rings is 1. The molecule has 152 valence electrons. The van der Waals surface area contributed by atoms with Crippen LogP contribution in [0, 0.1) is 17.0 Å². The first-order chi connectivity index (χ1) is 13.8. The van der Waals surface area contributed by atoms with E-state index >= 15 is 0 Å². The Labute approximate surface area is 170 Å². The minimum atomic E-state index is -1.11. The molecule has 0 saturated carbocycles. The molecule has 2 heterocycles. The fourth-order valence-electron chi connectivity index (χ4n) is 3.05. The van der Waals surface area contributed by atoms with E-state index in [2.05, 4.69) is 10.3 Å². The summed E-state index contributed by atoms with van der Waals surface area (Å²) in [5.41, 5.74) is 0.724. The van der Waals surface area contributed by atoms with Crippen LogP contribution in [0.5, 0.6) is 0 Å². The van der Waals surface area contributed by atoms with Gasteiger partial charge < -0.3 is 20.2 Å². The summed E-state index contributed by atoms with van der Waals surface area (Å²) in [5, 5.41) is 23.0. The van der Waals surface area contributed by atoms with Crippen LogP contribution in [0.4, 0.5) is 22.0 Å². The van der Waals surface area contributed by atoms with Gasteiger partial charge in [-0.25, -0.2) is 14.6 Å². The monoisotopic (exact) mass is 419 g/mol. The maximum absolute atomic E-state index is 12.6. The van der Waals surface area contributed by atoms with Crippen molar-refractivity contribution in [3.8, 4) is 0 Å². The lowest BCUT2D eigenvalue weighted by Gasteiger charge is -2.35. The van der Waals surface area contributed by atoms with Crippen LogP contribution in [-0.4, -0.2) is 58.1 Å². The van der Waals surface area contributed by atoms with Gasteiger partial charge in [0.1, 0.15) is 5.82 Å². The minimum absolute atomic E-state index is 0.00379. The largest absolute Gasteiger partial charge is 0.478 e. The number of carboxylic acids is 1. The molecule has 1 aromatic carbocycles. The zero-order chi connectivity index (χ0) is 21.1. The number of aromatic nitrogens is 1. The average molecular weight is 420 g/mol. The molecule has 1 aliphatic rings. The van der Waals surface area contributed by atoms with Gasteiger partial charge in [0.2, 0.25) is 0 Å². The zero-order valence-electron chi connectivity index (χ0n) is 15.5. The van der Waals surface area contributed by atoms with Gasteiger partial charge in [-0.05, 0) is 19.1 Å². The number of hydrogen-bond acceptors (Lipinski definition) is 6. The standard InChI is InChI=1S/C18H18ClN5O5/c1-11-14(3-2-4-15(11)24(28)29)21-18(27)23-7-5-22(6-8-23)16-13(19)9-12(10-20-16)17(25)26/h2-4,9-10H,5-8H2,1H3,(H,21,27)(H,25,26). The third kappa shape index (κ3) is 4.37. The highest BCUT2D eigenvalue weighted by molar-refractivity contribution is 6.33. The van der Waals surface area contributed by atoms with Crippen molar-refractivity contribution in [1.82, 2.24) is 9.88 Å². The van der Waals surface area contributed by atoms with Gasteiger partial charge in [0.15, 0.2) is 0 Å². The zero-order valence-corrected chi connectivity index (χ0v) is 16.2. The molecule has 2 aromatic rings. The number of nitro benzene ring substituents is 1. The van der Waals surface area contributed by atoms with Gasteiger partial charge in [-0.15, -0.1) is 0 Å². The molecule has 29 heavy (non-hydrogen) atoms. The first-order valence-electron chi connectivity index (χ1n) is 8.71. The van der Waals surface area contributed by atoms with Crippen molar-refractivity contribution in [3.05, 3.63) is 56.7 Å². The van der Waals surface area contributed by atoms with Gasteiger partial charge in [0, 0.05) is 38.4 Å². The second-order valence-electron chi connectivity index (χ2n) is 6.45. The van der Waals surface area contributed by atoms with Crippen LogP contribution in [0.15, 0.2) is 30.5 Å². The van der Waals surface area contributed by atoms with E-state index in [0.717, 1.165) is 0 Å². The lowest BCUT2D eigenvalue weighted by Crippen LogP contribution is -2.50. The number of nitrogens with zero attached hydrogens (tertiary/aromatic N) is 4. The molecule has 0 aliphatic carbocycles. The second kappa shape index (κ2) is 8.31. The van der Waals surface area contributed by atoms with Crippen LogP contribution in [-0.2, 0) is 0 Å². The Bertz CT molecular complexity index is 975. The van der Waals surface area contributed by atoms with Gasteiger partial charge in [-0.2, -0.15) is 0 Å². The van der Waals surface area contributed by atoms with E-state index in [1.807, 2.05) is 4.90 Å². The molecular formula is C18H18ClN5O5. The predicted molar refractivity (Wildman–Crippen MR) is 107 cm³/mol. The number of amides is 2. The number of pyridine rings is 1. The smallest absolute Gasteiger partial charge is 0.337 e. The van der Waals surface area contributed by atoms with E-state index in [4.69, 9.17) is 16.7 Å². The lowest BCUT2D eigenvalue weighted by atomic mass is 10.1. The number of rotatable bonds is 4. The van der Waals surface area contributed by atoms with Gasteiger partial charge in [-0.3, -0.25) is 10.1 Å². The third-order valence-corrected chi connectivity index (χ3v) is 4.96. The number of halogens is 1. The van der Waals surface area contributed by atoms with E-state index in [1.165, 1.54) is 24.4 Å². The van der Waals surface area contributed by atoms with Crippen LogP contribution < -0.4 is 10.2 Å². The van der Waals surface area contributed by atoms with Crippen LogP contribution in [0.25, 0.3) is 0 Å². The van der Waals surface area contributed by atoms with Gasteiger partial charge in [0.05, 0.1) is 26.8 Å². The highest BCUT2D eigenvalue weighted by atomic mass is 35.5. The topological polar surface area (TPSA) is 129 Å². The van der Waals surface area contributed by atoms with Crippen LogP contribution in [0.3, 0.4) is 0 Å². The number of nitrogens with one attached hydrogen (secondary N) is 1. The molecule has 1 aliphatic heterocycles. The Kier molecular flexibility index (Phi) is 5.83. The fraction of sp³-hybridized carbons (Fsp3) is 0.278. The molecule has 0 atom stereocenters. The normalized spacial score (nSPS) is 13.9. The number of carbonyl (C=O) groups excluding carboxylic acids is 1. The van der Waals surface area contributed by atoms with Gasteiger partial charge >= 0.3 is 12.0 Å². The number of carboxylic acid groups (broad SMARTS) is 1. The van der Waals surface area contributed by atoms with Crippen molar-refractivity contribution in [3.63, 3.8) is 0 Å². The first-order valence-corrected chi connectivity index (χ1v) is 9.09. The summed E-state index contributed by atoms with van der Waals surface area (Å²) in [7, 11) is 0. The highest BCUT2D eigenvalue weighted by Crippen LogP contribution is 2.27. The third-order valence-electron chi connectivity index (χ3n) is 4.68. The number of nitro groups is 1. The summed E-state index contributed by atoms with van der Waals surface area (Å²) in [6.45, 7) is 3.28. The average Bonchev–Trinajstić information content (AvgIpc) is 2.69. The van der Waals surface area contributed by atoms with Crippen molar-refractivity contribution in [2.45, 2.75) is 6.92 Å². The summed E-state index contributed by atoms with van der Waals surface area (Å²) >= 11 is 6.16. The van der Waals surface area contributed by atoms with E-state index in [9.17, 15) is 19.7 Å². The predicted octanol–water partition coefficient (Wildman–Crippen LogP) is 3.00. The number of aromatic carboxylic acids is 1. The lowest BCUT2D eigenvalue weighted by molar-refractivity contribution is -0.385. The summed E-state index contributed by atoms with van der Waals surface area (Å²) in [6.07, 6.45) is 1.24. The second-order valence-corrected chi connectivity index (χ2v) is 6.85. The Morgan fingerprint density at radius 3 is 2.55 bits per heavy atom. The molecule has 1 aromatic heterocycles. The number of hydrogen-bond donors (Lipinski definition) is 2. The quantitative estimate of drug-likeness (QED) is 0.575. The fourth-order valence-corrected chi connectivity index (χ4v) is 3.34. The van der Waals surface area contributed by atoms with Crippen molar-refractivity contribution in [1.29, 1.82) is 0 Å². The maximum atomic E-state index is 12.6. The van der Waals surface area contributed by atoms with E-state index in [1.54, 1.807) is 17.9 Å². The SMILES string of the molecule is Cc1c(NC(=O)N2CCN(c3ncc(C(=O)O)cc3Cl)CC2)cccc1[N+](=O)[O-]. The molecule has 1 saturated heterocycles. The molecule has 10 nitrogen and oxygen atoms in total. The van der Waals surface area contributed by atoms with Crippen molar-refractivity contribution >= 4 is 40.8 Å². The minimum Gasteiger partial charge on any atom is -0.478 e. The molecule has 2 N–H and O–H groups in total. The molecular weight excluding hydrogens is 402 g/mol. The molecule has 0 unspecified atom stereocenters. The Hall–Kier alpha value is -3.40. The Morgan fingerprint density at radius 1 is 1.28 bits per heavy atom. The van der Waals surface area contributed by atoms with Gasteiger partial charge in [-0.1, -0.05) is 17.7 Å².